The van der Waals surface area contributed by atoms with E-state index in [2.05, 4.69) is 58.5 Å². The van der Waals surface area contributed by atoms with Crippen molar-refractivity contribution in [2.24, 2.45) is 0 Å². The van der Waals surface area contributed by atoms with E-state index < -0.39 is 0 Å². The smallest absolute Gasteiger partial charge is 0.103 e. The SMILES string of the molecule is Cc1nc2ccc3c4ccccc4c4ccc([nH]1)c2c34. The van der Waals surface area contributed by atoms with E-state index in [0.29, 0.717) is 0 Å². The van der Waals surface area contributed by atoms with Crippen LogP contribution >= 0.6 is 0 Å². The van der Waals surface area contributed by atoms with Crippen LogP contribution in [0, 0.1) is 6.92 Å². The van der Waals surface area contributed by atoms with Gasteiger partial charge in [0.1, 0.15) is 5.82 Å². The van der Waals surface area contributed by atoms with Crippen LogP contribution in [0.2, 0.25) is 0 Å². The molecule has 0 amide bonds. The van der Waals surface area contributed by atoms with Gasteiger partial charge in [-0.25, -0.2) is 4.98 Å². The average molecular weight is 256 g/mol. The summed E-state index contributed by atoms with van der Waals surface area (Å²) in [5.41, 5.74) is 2.24. The van der Waals surface area contributed by atoms with Crippen molar-refractivity contribution in [3.05, 3.63) is 54.4 Å². The lowest BCUT2D eigenvalue weighted by Gasteiger charge is -2.07. The first-order valence-corrected chi connectivity index (χ1v) is 6.85. The Bertz CT molecular complexity index is 1020. The highest BCUT2D eigenvalue weighted by Gasteiger charge is 2.14. The molecule has 0 atom stereocenters. The molecule has 0 aliphatic rings. The van der Waals surface area contributed by atoms with Gasteiger partial charge < -0.3 is 4.98 Å². The van der Waals surface area contributed by atoms with Crippen molar-refractivity contribution in [3.63, 3.8) is 0 Å². The maximum Gasteiger partial charge on any atom is 0.103 e. The quantitative estimate of drug-likeness (QED) is 0.425. The van der Waals surface area contributed by atoms with Crippen LogP contribution in [-0.2, 0) is 0 Å². The fourth-order valence-electron chi connectivity index (χ4n) is 3.48. The molecule has 0 spiro atoms. The second-order valence-corrected chi connectivity index (χ2v) is 5.41. The molecule has 5 aromatic rings. The first-order valence-electron chi connectivity index (χ1n) is 6.85. The monoisotopic (exact) mass is 256 g/mol. The van der Waals surface area contributed by atoms with Crippen LogP contribution in [-0.4, -0.2) is 9.97 Å². The van der Waals surface area contributed by atoms with Crippen molar-refractivity contribution >= 4 is 43.4 Å². The van der Waals surface area contributed by atoms with Gasteiger partial charge in [0.15, 0.2) is 0 Å². The number of hydrogen-bond donors (Lipinski definition) is 1. The third kappa shape index (κ3) is 1.08. The number of benzene rings is 3. The first-order chi connectivity index (χ1) is 9.83. The molecule has 20 heavy (non-hydrogen) atoms. The molecule has 2 heteroatoms. The van der Waals surface area contributed by atoms with E-state index in [1.54, 1.807) is 0 Å². The molecule has 0 aliphatic heterocycles. The van der Waals surface area contributed by atoms with E-state index in [0.717, 1.165) is 11.3 Å². The van der Waals surface area contributed by atoms with Crippen LogP contribution < -0.4 is 0 Å². The minimum Gasteiger partial charge on any atom is -0.343 e. The Labute approximate surface area is 115 Å². The van der Waals surface area contributed by atoms with Crippen LogP contribution in [0.1, 0.15) is 5.82 Å². The van der Waals surface area contributed by atoms with Crippen LogP contribution in [0.4, 0.5) is 0 Å². The highest BCUT2D eigenvalue weighted by molar-refractivity contribution is 6.34. The molecular weight excluding hydrogens is 244 g/mol. The summed E-state index contributed by atoms with van der Waals surface area (Å²) in [6, 6.07) is 17.4. The Morgan fingerprint density at radius 2 is 1.45 bits per heavy atom. The zero-order valence-electron chi connectivity index (χ0n) is 11.1. The molecule has 1 aromatic heterocycles. The zero-order chi connectivity index (χ0) is 13.3. The molecule has 2 nitrogen and oxygen atoms in total. The van der Waals surface area contributed by atoms with Crippen LogP contribution in [0.5, 0.6) is 0 Å². The summed E-state index contributed by atoms with van der Waals surface area (Å²) in [6.45, 7) is 2.00. The number of aromatic nitrogens is 2. The number of fused-ring (bicyclic) bond motifs is 3. The molecule has 4 aromatic carbocycles. The first kappa shape index (κ1) is 10.2. The summed E-state index contributed by atoms with van der Waals surface area (Å²) in [5.74, 6) is 0.955. The average Bonchev–Trinajstić information content (AvgIpc) is 2.80. The molecule has 0 radical (unpaired) electrons. The number of aromatic amines is 1. The van der Waals surface area contributed by atoms with Gasteiger partial charge in [-0.05, 0) is 40.6 Å². The number of aryl methyl sites for hydroxylation is 1. The third-order valence-electron chi connectivity index (χ3n) is 4.25. The van der Waals surface area contributed by atoms with E-state index in [9.17, 15) is 0 Å². The molecule has 0 unspecified atom stereocenters. The molecule has 0 saturated heterocycles. The summed E-state index contributed by atoms with van der Waals surface area (Å²) in [4.78, 5) is 8.03. The molecule has 0 saturated carbocycles. The van der Waals surface area contributed by atoms with E-state index in [1.807, 2.05) is 6.92 Å². The van der Waals surface area contributed by atoms with E-state index in [4.69, 9.17) is 0 Å². The largest absolute Gasteiger partial charge is 0.343 e. The Kier molecular flexibility index (Phi) is 1.68. The maximum absolute atomic E-state index is 4.64. The number of nitrogens with zero attached hydrogens (tertiary/aromatic N) is 1. The molecular formula is C18H12N2. The molecule has 94 valence electrons. The van der Waals surface area contributed by atoms with Crippen molar-refractivity contribution in [2.75, 3.05) is 0 Å². The number of hydrogen-bond acceptors (Lipinski definition) is 1. The number of nitrogens with one attached hydrogen (secondary N) is 1. The topological polar surface area (TPSA) is 28.7 Å². The van der Waals surface area contributed by atoms with Gasteiger partial charge in [0.2, 0.25) is 0 Å². The standard InChI is InChI=1S/C18H12N2/c1-10-19-15-8-6-13-11-4-2-3-5-12(11)14-7-9-16(20-10)18(15)17(13)14/h2-9H,1H3,(H,19,20). The van der Waals surface area contributed by atoms with Crippen molar-refractivity contribution in [1.82, 2.24) is 9.97 Å². The van der Waals surface area contributed by atoms with Crippen LogP contribution in [0.3, 0.4) is 0 Å². The van der Waals surface area contributed by atoms with Gasteiger partial charge in [0, 0.05) is 16.3 Å². The van der Waals surface area contributed by atoms with Crippen LogP contribution in [0.15, 0.2) is 48.5 Å². The summed E-state index contributed by atoms with van der Waals surface area (Å²) in [7, 11) is 0. The number of rotatable bonds is 0. The molecule has 0 fully saturated rings. The lowest BCUT2D eigenvalue weighted by Crippen LogP contribution is -1.91. The predicted molar refractivity (Wildman–Crippen MR) is 84.5 cm³/mol. The third-order valence-corrected chi connectivity index (χ3v) is 4.25. The predicted octanol–water partition coefficient (Wildman–Crippen LogP) is 4.77. The van der Waals surface area contributed by atoms with Gasteiger partial charge in [-0.15, -0.1) is 0 Å². The Balaban J connectivity index is 2.24. The molecule has 1 N–H and O–H groups in total. The molecule has 1 heterocycles. The van der Waals surface area contributed by atoms with Crippen molar-refractivity contribution in [2.45, 2.75) is 6.92 Å². The van der Waals surface area contributed by atoms with E-state index in [1.165, 1.54) is 37.8 Å². The zero-order valence-corrected chi connectivity index (χ0v) is 11.1. The van der Waals surface area contributed by atoms with E-state index in [-0.39, 0.29) is 0 Å². The van der Waals surface area contributed by atoms with Gasteiger partial charge in [-0.2, -0.15) is 0 Å². The maximum atomic E-state index is 4.64. The lowest BCUT2D eigenvalue weighted by molar-refractivity contribution is 1.12. The normalized spacial score (nSPS) is 12.2. The minimum atomic E-state index is 0.955. The van der Waals surface area contributed by atoms with Gasteiger partial charge in [-0.3, -0.25) is 0 Å². The van der Waals surface area contributed by atoms with E-state index >= 15 is 0 Å². The second kappa shape index (κ2) is 3.28. The second-order valence-electron chi connectivity index (χ2n) is 5.41. The minimum absolute atomic E-state index is 0.955. The highest BCUT2D eigenvalue weighted by atomic mass is 14.9. The Morgan fingerprint density at radius 3 is 2.20 bits per heavy atom. The fourth-order valence-corrected chi connectivity index (χ4v) is 3.48. The molecule has 5 rings (SSSR count). The summed E-state index contributed by atoms with van der Waals surface area (Å²) >= 11 is 0. The molecule has 0 aliphatic carbocycles. The van der Waals surface area contributed by atoms with Gasteiger partial charge in [0.25, 0.3) is 0 Å². The fraction of sp³-hybridized carbons (Fsp3) is 0.0556. The molecule has 0 bridgehead atoms. The highest BCUT2D eigenvalue weighted by Crippen LogP contribution is 2.40. The Hall–Kier alpha value is -2.61. The van der Waals surface area contributed by atoms with Gasteiger partial charge in [0.05, 0.1) is 5.52 Å². The van der Waals surface area contributed by atoms with Crippen molar-refractivity contribution < 1.29 is 0 Å². The van der Waals surface area contributed by atoms with Crippen LogP contribution in [0.25, 0.3) is 43.4 Å². The number of H-pyrrole nitrogens is 1. The van der Waals surface area contributed by atoms with Gasteiger partial charge in [-0.1, -0.05) is 36.4 Å². The summed E-state index contributed by atoms with van der Waals surface area (Å²) in [5, 5.41) is 7.90. The van der Waals surface area contributed by atoms with Crippen molar-refractivity contribution in [3.8, 4) is 0 Å². The summed E-state index contributed by atoms with van der Waals surface area (Å²) < 4.78 is 0. The Morgan fingerprint density at radius 1 is 0.750 bits per heavy atom. The summed E-state index contributed by atoms with van der Waals surface area (Å²) in [6.07, 6.45) is 0. The van der Waals surface area contributed by atoms with Gasteiger partial charge >= 0.3 is 0 Å². The van der Waals surface area contributed by atoms with Crippen molar-refractivity contribution in [1.29, 1.82) is 0 Å². The lowest BCUT2D eigenvalue weighted by atomic mass is 10.0.